The fourth-order valence-corrected chi connectivity index (χ4v) is 2.54. The Bertz CT molecular complexity index is 200. The van der Waals surface area contributed by atoms with E-state index in [2.05, 4.69) is 5.32 Å². The Morgan fingerprint density at radius 1 is 1.12 bits per heavy atom. The van der Waals surface area contributed by atoms with Crippen LogP contribution in [-0.4, -0.2) is 24.2 Å². The van der Waals surface area contributed by atoms with Crippen molar-refractivity contribution in [1.82, 2.24) is 5.32 Å². The first-order valence-corrected chi connectivity index (χ1v) is 7.20. The van der Waals surface area contributed by atoms with Gasteiger partial charge >= 0.3 is 0 Å². The molecule has 0 aromatic carbocycles. The molecule has 1 saturated carbocycles. The molecule has 0 spiro atoms. The van der Waals surface area contributed by atoms with Gasteiger partial charge in [-0.05, 0) is 25.2 Å². The number of nitrogens with one attached hydrogen (secondary N) is 1. The quantitative estimate of drug-likeness (QED) is 0.610. The fraction of sp³-hybridized carbons (Fsp3) is 0.929. The molecule has 0 radical (unpaired) electrons. The van der Waals surface area contributed by atoms with E-state index in [-0.39, 0.29) is 12.5 Å². The molecule has 1 fully saturated rings. The second kappa shape index (κ2) is 9.46. The lowest BCUT2D eigenvalue weighted by molar-refractivity contribution is -0.121. The predicted molar refractivity (Wildman–Crippen MR) is 69.8 cm³/mol. The summed E-state index contributed by atoms with van der Waals surface area (Å²) in [7, 11) is 0. The molecule has 0 aromatic heterocycles. The van der Waals surface area contributed by atoms with Crippen LogP contribution < -0.4 is 5.32 Å². The van der Waals surface area contributed by atoms with Crippen LogP contribution in [0.2, 0.25) is 0 Å². The zero-order valence-electron chi connectivity index (χ0n) is 10.9. The summed E-state index contributed by atoms with van der Waals surface area (Å²) < 4.78 is 0. The molecule has 3 nitrogen and oxygen atoms in total. The predicted octanol–water partition coefficient (Wildman–Crippen LogP) is 2.63. The molecule has 17 heavy (non-hydrogen) atoms. The summed E-state index contributed by atoms with van der Waals surface area (Å²) in [5, 5.41) is 11.6. The Balaban J connectivity index is 1.87. The standard InChI is InChI=1S/C14H27NO2/c16-12-6-2-1-5-11-15-14(17)10-9-13-7-3-4-8-13/h13,16H,1-12H2,(H,15,17). The lowest BCUT2D eigenvalue weighted by atomic mass is 10.0. The number of aliphatic hydroxyl groups excluding tert-OH is 1. The Labute approximate surface area is 105 Å². The topological polar surface area (TPSA) is 49.3 Å². The smallest absolute Gasteiger partial charge is 0.220 e. The van der Waals surface area contributed by atoms with Crippen LogP contribution in [0.5, 0.6) is 0 Å². The molecule has 1 aliphatic rings. The number of amides is 1. The monoisotopic (exact) mass is 241 g/mol. The van der Waals surface area contributed by atoms with E-state index < -0.39 is 0 Å². The molecule has 0 saturated heterocycles. The first kappa shape index (κ1) is 14.5. The summed E-state index contributed by atoms with van der Waals surface area (Å²) in [6.07, 6.45) is 11.2. The van der Waals surface area contributed by atoms with Gasteiger partial charge in [-0.15, -0.1) is 0 Å². The van der Waals surface area contributed by atoms with Gasteiger partial charge in [0.15, 0.2) is 0 Å². The van der Waals surface area contributed by atoms with Crippen molar-refractivity contribution in [3.8, 4) is 0 Å². The van der Waals surface area contributed by atoms with Gasteiger partial charge in [0, 0.05) is 19.6 Å². The fourth-order valence-electron chi connectivity index (χ4n) is 2.54. The van der Waals surface area contributed by atoms with Crippen LogP contribution in [0.4, 0.5) is 0 Å². The van der Waals surface area contributed by atoms with Gasteiger partial charge in [0.25, 0.3) is 0 Å². The number of aliphatic hydroxyl groups is 1. The molecule has 0 atom stereocenters. The third kappa shape index (κ3) is 7.37. The van der Waals surface area contributed by atoms with E-state index in [1.807, 2.05) is 0 Å². The number of hydrogen-bond acceptors (Lipinski definition) is 2. The summed E-state index contributed by atoms with van der Waals surface area (Å²) in [4.78, 5) is 11.5. The summed E-state index contributed by atoms with van der Waals surface area (Å²) in [5.74, 6) is 1.03. The van der Waals surface area contributed by atoms with Gasteiger partial charge in [-0.3, -0.25) is 4.79 Å². The molecular formula is C14H27NO2. The van der Waals surface area contributed by atoms with Crippen LogP contribution >= 0.6 is 0 Å². The Hall–Kier alpha value is -0.570. The lowest BCUT2D eigenvalue weighted by Gasteiger charge is -2.09. The summed E-state index contributed by atoms with van der Waals surface area (Å²) in [6, 6.07) is 0. The van der Waals surface area contributed by atoms with E-state index in [0.717, 1.165) is 44.6 Å². The maximum atomic E-state index is 11.5. The van der Waals surface area contributed by atoms with E-state index in [1.165, 1.54) is 25.7 Å². The van der Waals surface area contributed by atoms with Crippen LogP contribution in [0.3, 0.4) is 0 Å². The maximum Gasteiger partial charge on any atom is 0.220 e. The van der Waals surface area contributed by atoms with Crippen molar-refractivity contribution >= 4 is 5.91 Å². The molecule has 3 heteroatoms. The van der Waals surface area contributed by atoms with Crippen LogP contribution in [0, 0.1) is 5.92 Å². The van der Waals surface area contributed by atoms with Crippen molar-refractivity contribution in [3.05, 3.63) is 0 Å². The summed E-state index contributed by atoms with van der Waals surface area (Å²) >= 11 is 0. The number of rotatable bonds is 9. The van der Waals surface area contributed by atoms with Gasteiger partial charge in [0.2, 0.25) is 5.91 Å². The van der Waals surface area contributed by atoms with Gasteiger partial charge in [-0.1, -0.05) is 38.5 Å². The maximum absolute atomic E-state index is 11.5. The molecule has 2 N–H and O–H groups in total. The highest BCUT2D eigenvalue weighted by atomic mass is 16.2. The third-order valence-corrected chi connectivity index (χ3v) is 3.66. The average Bonchev–Trinajstić information content (AvgIpc) is 2.84. The number of carbonyl (C=O) groups excluding carboxylic acids is 1. The average molecular weight is 241 g/mol. The zero-order chi connectivity index (χ0) is 12.3. The minimum absolute atomic E-state index is 0.221. The van der Waals surface area contributed by atoms with Gasteiger partial charge in [0.05, 0.1) is 0 Å². The van der Waals surface area contributed by atoms with Crippen molar-refractivity contribution < 1.29 is 9.90 Å². The minimum atomic E-state index is 0.221. The highest BCUT2D eigenvalue weighted by Gasteiger charge is 2.15. The molecule has 100 valence electrons. The van der Waals surface area contributed by atoms with Crippen molar-refractivity contribution in [2.75, 3.05) is 13.2 Å². The van der Waals surface area contributed by atoms with Crippen molar-refractivity contribution in [2.45, 2.75) is 64.2 Å². The SMILES string of the molecule is O=C(CCC1CCCC1)NCCCCCCO. The number of hydrogen-bond donors (Lipinski definition) is 2. The van der Waals surface area contributed by atoms with Gasteiger partial charge < -0.3 is 10.4 Å². The first-order chi connectivity index (χ1) is 8.33. The molecule has 1 aliphatic carbocycles. The summed E-state index contributed by atoms with van der Waals surface area (Å²) in [5.41, 5.74) is 0. The Kier molecular flexibility index (Phi) is 8.06. The molecule has 1 rings (SSSR count). The lowest BCUT2D eigenvalue weighted by Crippen LogP contribution is -2.24. The highest BCUT2D eigenvalue weighted by Crippen LogP contribution is 2.28. The Morgan fingerprint density at radius 2 is 1.82 bits per heavy atom. The van der Waals surface area contributed by atoms with Crippen LogP contribution in [-0.2, 0) is 4.79 Å². The zero-order valence-corrected chi connectivity index (χ0v) is 10.9. The molecule has 0 unspecified atom stereocenters. The van der Waals surface area contributed by atoms with Crippen LogP contribution in [0.1, 0.15) is 64.2 Å². The van der Waals surface area contributed by atoms with Crippen LogP contribution in [0.15, 0.2) is 0 Å². The molecule has 0 aliphatic heterocycles. The second-order valence-electron chi connectivity index (χ2n) is 5.18. The van der Waals surface area contributed by atoms with E-state index in [9.17, 15) is 4.79 Å². The van der Waals surface area contributed by atoms with E-state index in [1.54, 1.807) is 0 Å². The molecule has 0 heterocycles. The molecular weight excluding hydrogens is 214 g/mol. The number of carbonyl (C=O) groups is 1. The van der Waals surface area contributed by atoms with Crippen LogP contribution in [0.25, 0.3) is 0 Å². The van der Waals surface area contributed by atoms with E-state index in [0.29, 0.717) is 6.42 Å². The van der Waals surface area contributed by atoms with Crippen molar-refractivity contribution in [2.24, 2.45) is 5.92 Å². The first-order valence-electron chi connectivity index (χ1n) is 7.20. The summed E-state index contributed by atoms with van der Waals surface area (Å²) in [6.45, 7) is 1.09. The molecule has 1 amide bonds. The molecule has 0 aromatic rings. The highest BCUT2D eigenvalue weighted by molar-refractivity contribution is 5.75. The van der Waals surface area contributed by atoms with Gasteiger partial charge in [-0.2, -0.15) is 0 Å². The van der Waals surface area contributed by atoms with Gasteiger partial charge in [0.1, 0.15) is 0 Å². The minimum Gasteiger partial charge on any atom is -0.396 e. The third-order valence-electron chi connectivity index (χ3n) is 3.66. The second-order valence-corrected chi connectivity index (χ2v) is 5.18. The Morgan fingerprint density at radius 3 is 2.53 bits per heavy atom. The number of unbranched alkanes of at least 4 members (excludes halogenated alkanes) is 3. The molecule has 0 bridgehead atoms. The van der Waals surface area contributed by atoms with Gasteiger partial charge in [-0.25, -0.2) is 0 Å². The normalized spacial score (nSPS) is 16.3. The van der Waals surface area contributed by atoms with Crippen molar-refractivity contribution in [3.63, 3.8) is 0 Å². The largest absolute Gasteiger partial charge is 0.396 e. The van der Waals surface area contributed by atoms with E-state index in [4.69, 9.17) is 5.11 Å². The van der Waals surface area contributed by atoms with E-state index >= 15 is 0 Å². The van der Waals surface area contributed by atoms with Crippen molar-refractivity contribution in [1.29, 1.82) is 0 Å².